The average molecular weight is 162 g/mol. The quantitative estimate of drug-likeness (QED) is 0.696. The van der Waals surface area contributed by atoms with Crippen molar-refractivity contribution < 1.29 is 0 Å². The summed E-state index contributed by atoms with van der Waals surface area (Å²) in [7, 11) is 0. The summed E-state index contributed by atoms with van der Waals surface area (Å²) in [4.78, 5) is 3.11. The van der Waals surface area contributed by atoms with Gasteiger partial charge in [0.1, 0.15) is 0 Å². The first-order valence-corrected chi connectivity index (χ1v) is 3.98. The van der Waals surface area contributed by atoms with Crippen LogP contribution in [0.25, 0.3) is 12.2 Å². The first kappa shape index (κ1) is 8.81. The summed E-state index contributed by atoms with van der Waals surface area (Å²) in [6.45, 7) is 8.11. The van der Waals surface area contributed by atoms with Crippen molar-refractivity contribution in [2.45, 2.75) is 6.42 Å². The normalized spacial score (nSPS) is 9.75. The highest BCUT2D eigenvalue weighted by atomic mass is 14.7. The fourth-order valence-corrected chi connectivity index (χ4v) is 1.27. The first-order valence-electron chi connectivity index (χ1n) is 3.98. The molecule has 0 radical (unpaired) electrons. The molecule has 2 heteroatoms. The topological polar surface area (TPSA) is 41.8 Å². The van der Waals surface area contributed by atoms with Gasteiger partial charge in [-0.1, -0.05) is 19.2 Å². The van der Waals surface area contributed by atoms with Gasteiger partial charge in [-0.2, -0.15) is 0 Å². The third-order valence-corrected chi connectivity index (χ3v) is 1.86. The summed E-state index contributed by atoms with van der Waals surface area (Å²) in [6.07, 6.45) is 6.46. The van der Waals surface area contributed by atoms with Crippen LogP contribution >= 0.6 is 0 Å². The molecule has 0 aliphatic carbocycles. The van der Waals surface area contributed by atoms with Crippen molar-refractivity contribution in [2.24, 2.45) is 5.73 Å². The highest BCUT2D eigenvalue weighted by Gasteiger charge is 2.03. The lowest BCUT2D eigenvalue weighted by Crippen LogP contribution is -2.02. The van der Waals surface area contributed by atoms with E-state index in [-0.39, 0.29) is 0 Å². The fourth-order valence-electron chi connectivity index (χ4n) is 1.27. The van der Waals surface area contributed by atoms with Crippen LogP contribution in [-0.2, 0) is 6.42 Å². The number of rotatable bonds is 4. The SMILES string of the molecule is C=Cc1[nH]cc(CCN)c1C=C. The molecule has 3 N–H and O–H groups in total. The fraction of sp³-hybridized carbons (Fsp3) is 0.200. The van der Waals surface area contributed by atoms with Gasteiger partial charge in [0.25, 0.3) is 0 Å². The lowest BCUT2D eigenvalue weighted by Gasteiger charge is -1.96. The Labute approximate surface area is 72.8 Å². The van der Waals surface area contributed by atoms with E-state index in [2.05, 4.69) is 18.1 Å². The molecule has 0 saturated heterocycles. The van der Waals surface area contributed by atoms with Gasteiger partial charge in [-0.25, -0.2) is 0 Å². The zero-order valence-corrected chi connectivity index (χ0v) is 7.14. The molecule has 0 atom stereocenters. The second-order valence-corrected chi connectivity index (χ2v) is 2.59. The van der Waals surface area contributed by atoms with Crippen LogP contribution in [0.1, 0.15) is 16.8 Å². The van der Waals surface area contributed by atoms with Crippen LogP contribution in [0.2, 0.25) is 0 Å². The standard InChI is InChI=1S/C10H14N2/c1-3-9-8(5-6-11)7-12-10(9)4-2/h3-4,7,12H,1-2,5-6,11H2. The van der Waals surface area contributed by atoms with Crippen LogP contribution in [0.3, 0.4) is 0 Å². The second kappa shape index (κ2) is 3.93. The highest BCUT2D eigenvalue weighted by molar-refractivity contribution is 5.64. The third kappa shape index (κ3) is 1.48. The van der Waals surface area contributed by atoms with E-state index in [1.54, 1.807) is 6.08 Å². The summed E-state index contributed by atoms with van der Waals surface area (Å²) < 4.78 is 0. The van der Waals surface area contributed by atoms with Crippen LogP contribution in [0.4, 0.5) is 0 Å². The second-order valence-electron chi connectivity index (χ2n) is 2.59. The minimum Gasteiger partial charge on any atom is -0.361 e. The van der Waals surface area contributed by atoms with E-state index in [0.29, 0.717) is 6.54 Å². The van der Waals surface area contributed by atoms with Gasteiger partial charge in [0.05, 0.1) is 0 Å². The van der Waals surface area contributed by atoms with E-state index < -0.39 is 0 Å². The molecule has 0 aliphatic heterocycles. The van der Waals surface area contributed by atoms with Crippen LogP contribution in [-0.4, -0.2) is 11.5 Å². The van der Waals surface area contributed by atoms with Gasteiger partial charge in [-0.15, -0.1) is 0 Å². The third-order valence-electron chi connectivity index (χ3n) is 1.86. The Bertz CT molecular complexity index is 284. The summed E-state index contributed by atoms with van der Waals surface area (Å²) in [5, 5.41) is 0. The van der Waals surface area contributed by atoms with Gasteiger partial charge in [0, 0.05) is 17.5 Å². The Kier molecular flexibility index (Phi) is 2.88. The van der Waals surface area contributed by atoms with Crippen molar-refractivity contribution in [3.05, 3.63) is 36.2 Å². The van der Waals surface area contributed by atoms with Gasteiger partial charge in [0.2, 0.25) is 0 Å². The molecule has 0 saturated carbocycles. The van der Waals surface area contributed by atoms with Crippen molar-refractivity contribution in [2.75, 3.05) is 6.54 Å². The molecule has 0 bridgehead atoms. The molecule has 12 heavy (non-hydrogen) atoms. The predicted molar refractivity (Wildman–Crippen MR) is 53.7 cm³/mol. The zero-order chi connectivity index (χ0) is 8.97. The smallest absolute Gasteiger partial charge is 0.0450 e. The number of aromatic amines is 1. The van der Waals surface area contributed by atoms with E-state index in [1.165, 1.54) is 5.56 Å². The van der Waals surface area contributed by atoms with Crippen molar-refractivity contribution in [1.82, 2.24) is 4.98 Å². The van der Waals surface area contributed by atoms with Crippen LogP contribution < -0.4 is 5.73 Å². The summed E-state index contributed by atoms with van der Waals surface area (Å²) in [5.41, 5.74) is 8.81. The molecular weight excluding hydrogens is 148 g/mol. The molecule has 0 fully saturated rings. The Morgan fingerprint density at radius 3 is 2.67 bits per heavy atom. The molecule has 1 aromatic rings. The van der Waals surface area contributed by atoms with Gasteiger partial charge >= 0.3 is 0 Å². The molecule has 2 nitrogen and oxygen atoms in total. The largest absolute Gasteiger partial charge is 0.361 e. The molecule has 0 unspecified atom stereocenters. The Morgan fingerprint density at radius 1 is 1.42 bits per heavy atom. The summed E-state index contributed by atoms with van der Waals surface area (Å²) in [6, 6.07) is 0. The van der Waals surface area contributed by atoms with E-state index in [0.717, 1.165) is 17.7 Å². The van der Waals surface area contributed by atoms with Gasteiger partial charge in [-0.05, 0) is 24.6 Å². The van der Waals surface area contributed by atoms with E-state index in [4.69, 9.17) is 5.73 Å². The maximum Gasteiger partial charge on any atom is 0.0450 e. The minimum atomic E-state index is 0.662. The Morgan fingerprint density at radius 2 is 2.17 bits per heavy atom. The Balaban J connectivity index is 3.04. The highest BCUT2D eigenvalue weighted by Crippen LogP contribution is 2.16. The van der Waals surface area contributed by atoms with Gasteiger partial charge in [-0.3, -0.25) is 0 Å². The minimum absolute atomic E-state index is 0.662. The number of nitrogens with two attached hydrogens (primary N) is 1. The zero-order valence-electron chi connectivity index (χ0n) is 7.14. The first-order chi connectivity index (χ1) is 5.83. The molecule has 0 spiro atoms. The van der Waals surface area contributed by atoms with Gasteiger partial charge in [0.15, 0.2) is 0 Å². The van der Waals surface area contributed by atoms with Crippen molar-refractivity contribution >= 4 is 12.2 Å². The van der Waals surface area contributed by atoms with Crippen LogP contribution in [0.5, 0.6) is 0 Å². The van der Waals surface area contributed by atoms with Crippen molar-refractivity contribution in [1.29, 1.82) is 0 Å². The molecule has 1 aromatic heterocycles. The molecule has 0 amide bonds. The monoisotopic (exact) mass is 162 g/mol. The van der Waals surface area contributed by atoms with Crippen LogP contribution in [0, 0.1) is 0 Å². The maximum atomic E-state index is 5.46. The molecule has 1 rings (SSSR count). The molecule has 0 aliphatic rings. The van der Waals surface area contributed by atoms with Crippen LogP contribution in [0.15, 0.2) is 19.4 Å². The number of aromatic nitrogens is 1. The molecular formula is C10H14N2. The van der Waals surface area contributed by atoms with E-state index in [9.17, 15) is 0 Å². The van der Waals surface area contributed by atoms with E-state index in [1.807, 2.05) is 12.3 Å². The lowest BCUT2D eigenvalue weighted by molar-refractivity contribution is 0.968. The molecule has 0 aromatic carbocycles. The average Bonchev–Trinajstić information content (AvgIpc) is 2.47. The number of nitrogens with one attached hydrogen (secondary N) is 1. The summed E-state index contributed by atoms with van der Waals surface area (Å²) in [5.74, 6) is 0. The predicted octanol–water partition coefficient (Wildman–Crippen LogP) is 1.80. The molecule has 64 valence electrons. The summed E-state index contributed by atoms with van der Waals surface area (Å²) >= 11 is 0. The Hall–Kier alpha value is -1.28. The lowest BCUT2D eigenvalue weighted by atomic mass is 10.1. The van der Waals surface area contributed by atoms with Crippen molar-refractivity contribution in [3.63, 3.8) is 0 Å². The van der Waals surface area contributed by atoms with Gasteiger partial charge < -0.3 is 10.7 Å². The van der Waals surface area contributed by atoms with E-state index >= 15 is 0 Å². The van der Waals surface area contributed by atoms with Crippen molar-refractivity contribution in [3.8, 4) is 0 Å². The maximum absolute atomic E-state index is 5.46. The number of hydrogen-bond acceptors (Lipinski definition) is 1. The number of H-pyrrole nitrogens is 1. The molecule has 1 heterocycles. The number of hydrogen-bond donors (Lipinski definition) is 2.